The van der Waals surface area contributed by atoms with E-state index in [1.54, 1.807) is 17.0 Å². The summed E-state index contributed by atoms with van der Waals surface area (Å²) in [7, 11) is 0. The van der Waals surface area contributed by atoms with E-state index in [1.165, 1.54) is 24.8 Å². The lowest BCUT2D eigenvalue weighted by molar-refractivity contribution is -0.142. The highest BCUT2D eigenvalue weighted by molar-refractivity contribution is 6.06. The van der Waals surface area contributed by atoms with Crippen LogP contribution in [0.15, 0.2) is 18.2 Å². The maximum atomic E-state index is 13.9. The fraction of sp³-hybridized carbons (Fsp3) is 0.750. The third kappa shape index (κ3) is 4.25. The van der Waals surface area contributed by atoms with Crippen molar-refractivity contribution in [3.63, 3.8) is 0 Å². The smallest absolute Gasteiger partial charge is 0.233 e. The Hall–Kier alpha value is -1.99. The van der Waals surface area contributed by atoms with Gasteiger partial charge in [0.05, 0.1) is 11.8 Å². The van der Waals surface area contributed by atoms with Crippen molar-refractivity contribution in [2.24, 2.45) is 47.3 Å². The third-order valence-electron chi connectivity index (χ3n) is 12.0. The van der Waals surface area contributed by atoms with Crippen molar-refractivity contribution in [1.82, 2.24) is 9.80 Å². The Morgan fingerprint density at radius 3 is 2.33 bits per heavy atom. The molecule has 1 N–H and O–H groups in total. The van der Waals surface area contributed by atoms with E-state index in [0.717, 1.165) is 64.0 Å². The van der Waals surface area contributed by atoms with Gasteiger partial charge in [-0.25, -0.2) is 4.39 Å². The third-order valence-corrected chi connectivity index (χ3v) is 12.0. The van der Waals surface area contributed by atoms with Gasteiger partial charge in [0.25, 0.3) is 0 Å². The van der Waals surface area contributed by atoms with Crippen LogP contribution in [0.4, 0.5) is 10.1 Å². The molecular formula is C32H44FN3O3. The maximum absolute atomic E-state index is 13.9. The second-order valence-corrected chi connectivity index (χ2v) is 13.7. The first-order chi connectivity index (χ1) is 18.9. The molecular weight excluding hydrogens is 493 g/mol. The summed E-state index contributed by atoms with van der Waals surface area (Å²) in [4.78, 5) is 33.9. The van der Waals surface area contributed by atoms with E-state index in [2.05, 4.69) is 16.7 Å². The van der Waals surface area contributed by atoms with Gasteiger partial charge < -0.3 is 14.9 Å². The Morgan fingerprint density at radius 2 is 1.62 bits per heavy atom. The molecule has 2 bridgehead atoms. The molecule has 0 spiro atoms. The number of likely N-dealkylation sites (tertiary alicyclic amines) is 2. The highest BCUT2D eigenvalue weighted by Crippen LogP contribution is 2.61. The van der Waals surface area contributed by atoms with Crippen molar-refractivity contribution >= 4 is 17.5 Å². The van der Waals surface area contributed by atoms with E-state index in [0.29, 0.717) is 30.3 Å². The minimum absolute atomic E-state index is 0.0651. The Labute approximate surface area is 231 Å². The second-order valence-electron chi connectivity index (χ2n) is 13.7. The first kappa shape index (κ1) is 25.9. The number of hydrogen-bond donors (Lipinski definition) is 1. The summed E-state index contributed by atoms with van der Waals surface area (Å²) in [5, 5.41) is 9.95. The molecule has 3 saturated carbocycles. The van der Waals surface area contributed by atoms with Gasteiger partial charge in [-0.05, 0) is 91.7 Å². The van der Waals surface area contributed by atoms with Crippen LogP contribution in [-0.2, 0) is 16.0 Å². The van der Waals surface area contributed by atoms with Crippen LogP contribution in [0.2, 0.25) is 0 Å². The number of carbonyl (C=O) groups excluding carboxylic acids is 2. The molecule has 0 aromatic heterocycles. The maximum Gasteiger partial charge on any atom is 0.233 e. The zero-order valence-electron chi connectivity index (χ0n) is 23.3. The van der Waals surface area contributed by atoms with E-state index in [4.69, 9.17) is 0 Å². The largest absolute Gasteiger partial charge is 0.396 e. The predicted molar refractivity (Wildman–Crippen MR) is 147 cm³/mol. The highest BCUT2D eigenvalue weighted by atomic mass is 19.1. The molecule has 7 heteroatoms. The molecule has 212 valence electrons. The van der Waals surface area contributed by atoms with Crippen LogP contribution in [0.25, 0.3) is 0 Å². The molecule has 6 unspecified atom stereocenters. The number of piperidine rings is 1. The molecule has 39 heavy (non-hydrogen) atoms. The summed E-state index contributed by atoms with van der Waals surface area (Å²) >= 11 is 0. The monoisotopic (exact) mass is 537 g/mol. The van der Waals surface area contributed by atoms with E-state index in [1.807, 2.05) is 6.07 Å². The van der Waals surface area contributed by atoms with Crippen LogP contribution < -0.4 is 4.90 Å². The van der Waals surface area contributed by atoms with Crippen molar-refractivity contribution in [1.29, 1.82) is 0 Å². The number of halogens is 1. The minimum atomic E-state index is -0.180. The number of aliphatic hydroxyl groups excluding tert-OH is 1. The summed E-state index contributed by atoms with van der Waals surface area (Å²) < 4.78 is 13.9. The lowest BCUT2D eigenvalue weighted by atomic mass is 9.70. The Morgan fingerprint density at radius 1 is 0.923 bits per heavy atom. The van der Waals surface area contributed by atoms with Gasteiger partial charge in [-0.15, -0.1) is 0 Å². The van der Waals surface area contributed by atoms with E-state index in [9.17, 15) is 19.1 Å². The van der Waals surface area contributed by atoms with Gasteiger partial charge >= 0.3 is 0 Å². The molecule has 8 atom stereocenters. The molecule has 3 aliphatic carbocycles. The average Bonchev–Trinajstić information content (AvgIpc) is 3.68. The molecule has 2 saturated heterocycles. The van der Waals surface area contributed by atoms with Gasteiger partial charge in [-0.1, -0.05) is 25.8 Å². The van der Waals surface area contributed by atoms with Gasteiger partial charge in [0.15, 0.2) is 0 Å². The van der Waals surface area contributed by atoms with E-state index < -0.39 is 0 Å². The standard InChI is InChI=1S/C32H44FN3O3/c1-19-25-15-26(27(19)18-37)30-29(25)31(38)36(32(30)39)17-22-5-3-2-4-21(22)16-34-11-9-24(10-12-34)35-13-8-20-6-7-23(33)14-28(20)35/h6-7,14,19,21-22,24-27,29-30,37H,2-5,8-13,15-18H2,1H3/t19?,21-,22-,25?,26?,27?,29?,30?/m0/s1. The summed E-state index contributed by atoms with van der Waals surface area (Å²) in [5.41, 5.74) is 2.37. The van der Waals surface area contributed by atoms with Gasteiger partial charge in [0.1, 0.15) is 5.82 Å². The van der Waals surface area contributed by atoms with Crippen LogP contribution in [0.3, 0.4) is 0 Å². The van der Waals surface area contributed by atoms with Crippen molar-refractivity contribution in [3.8, 4) is 0 Å². The minimum Gasteiger partial charge on any atom is -0.396 e. The molecule has 3 aliphatic heterocycles. The fourth-order valence-corrected chi connectivity index (χ4v) is 9.96. The lowest BCUT2D eigenvalue weighted by Gasteiger charge is -2.41. The topological polar surface area (TPSA) is 64.1 Å². The average molecular weight is 538 g/mol. The number of nitrogens with zero attached hydrogens (tertiary/aromatic N) is 3. The number of rotatable bonds is 6. The van der Waals surface area contributed by atoms with E-state index in [-0.39, 0.29) is 53.8 Å². The zero-order valence-corrected chi connectivity index (χ0v) is 23.3. The second kappa shape index (κ2) is 10.1. The first-order valence-corrected chi connectivity index (χ1v) is 15.7. The number of aliphatic hydroxyl groups is 1. The summed E-state index contributed by atoms with van der Waals surface area (Å²) in [6.45, 7) is 7.07. The lowest BCUT2D eigenvalue weighted by Crippen LogP contribution is -2.47. The molecule has 6 aliphatic rings. The van der Waals surface area contributed by atoms with Crippen LogP contribution >= 0.6 is 0 Å². The SMILES string of the molecule is CC1C(CO)C2CC1C1C(=O)N(C[C@@H]3CCCC[C@H]3CN3CCC(N4CCc5ccc(F)cc54)CC3)C(=O)C21. The van der Waals surface area contributed by atoms with Crippen LogP contribution in [0.5, 0.6) is 0 Å². The molecule has 1 aromatic carbocycles. The number of benzene rings is 1. The number of fused-ring (bicyclic) bond motifs is 6. The summed E-state index contributed by atoms with van der Waals surface area (Å²) in [5.74, 6) is 1.57. The first-order valence-electron chi connectivity index (χ1n) is 15.7. The number of anilines is 1. The summed E-state index contributed by atoms with van der Waals surface area (Å²) in [6, 6.07) is 5.72. The van der Waals surface area contributed by atoms with Crippen molar-refractivity contribution in [3.05, 3.63) is 29.6 Å². The molecule has 3 heterocycles. The summed E-state index contributed by atoms with van der Waals surface area (Å²) in [6.07, 6.45) is 8.86. The predicted octanol–water partition coefficient (Wildman–Crippen LogP) is 3.95. The van der Waals surface area contributed by atoms with Crippen LogP contribution in [0, 0.1) is 53.2 Å². The Kier molecular flexibility index (Phi) is 6.74. The normalized spacial score (nSPS) is 38.6. The molecule has 7 rings (SSSR count). The Balaban J connectivity index is 0.973. The number of amides is 2. The number of carbonyl (C=O) groups is 2. The fourth-order valence-electron chi connectivity index (χ4n) is 9.96. The molecule has 0 radical (unpaired) electrons. The van der Waals surface area contributed by atoms with Crippen LogP contribution in [-0.4, -0.2) is 72.1 Å². The van der Waals surface area contributed by atoms with E-state index >= 15 is 0 Å². The van der Waals surface area contributed by atoms with Crippen LogP contribution in [0.1, 0.15) is 57.4 Å². The molecule has 2 amide bonds. The number of hydrogen-bond acceptors (Lipinski definition) is 5. The van der Waals surface area contributed by atoms with Gasteiger partial charge in [-0.2, -0.15) is 0 Å². The molecule has 6 nitrogen and oxygen atoms in total. The van der Waals surface area contributed by atoms with Crippen molar-refractivity contribution < 1.29 is 19.1 Å². The molecule has 5 fully saturated rings. The van der Waals surface area contributed by atoms with Gasteiger partial charge in [-0.3, -0.25) is 14.5 Å². The molecule has 1 aromatic rings. The highest BCUT2D eigenvalue weighted by Gasteiger charge is 2.66. The van der Waals surface area contributed by atoms with Crippen molar-refractivity contribution in [2.75, 3.05) is 44.2 Å². The Bertz CT molecular complexity index is 1120. The zero-order chi connectivity index (χ0) is 26.8. The van der Waals surface area contributed by atoms with Gasteiger partial charge in [0.2, 0.25) is 11.8 Å². The number of imide groups is 1. The van der Waals surface area contributed by atoms with Gasteiger partial charge in [0, 0.05) is 51.1 Å². The van der Waals surface area contributed by atoms with Crippen molar-refractivity contribution in [2.45, 2.75) is 64.3 Å². The quantitative estimate of drug-likeness (QED) is 0.557.